The largest absolute Gasteiger partial charge is 0.299 e. The molecule has 0 saturated carbocycles. The van der Waals surface area contributed by atoms with Crippen LogP contribution < -0.4 is 11.1 Å². The van der Waals surface area contributed by atoms with Crippen LogP contribution in [0.5, 0.6) is 0 Å². The molecule has 132 valence electrons. The maximum absolute atomic E-state index is 5.97. The van der Waals surface area contributed by atoms with Gasteiger partial charge in [-0.25, -0.2) is 10.2 Å². The molecule has 1 aliphatic rings. The molecule has 3 N–H and O–H groups in total. The Labute approximate surface area is 161 Å². The number of aryl methyl sites for hydroxylation is 1. The Morgan fingerprint density at radius 3 is 2.73 bits per heavy atom. The van der Waals surface area contributed by atoms with Gasteiger partial charge in [-0.15, -0.1) is 10.6 Å². The smallest absolute Gasteiger partial charge is 0.177 e. The SMILES string of the molecule is Cc1cccc(CN2NNN=C2c2c[nH]n(-c3ccc(Cl)cc3)c2=S)c1. The van der Waals surface area contributed by atoms with E-state index < -0.39 is 0 Å². The van der Waals surface area contributed by atoms with E-state index >= 15 is 0 Å². The van der Waals surface area contributed by atoms with Crippen LogP contribution >= 0.6 is 23.8 Å². The monoisotopic (exact) mass is 384 g/mol. The number of halogens is 1. The van der Waals surface area contributed by atoms with Crippen molar-refractivity contribution in [3.63, 3.8) is 0 Å². The zero-order chi connectivity index (χ0) is 18.1. The number of rotatable bonds is 4. The highest BCUT2D eigenvalue weighted by molar-refractivity contribution is 7.71. The minimum absolute atomic E-state index is 0.644. The summed E-state index contributed by atoms with van der Waals surface area (Å²) in [7, 11) is 0. The van der Waals surface area contributed by atoms with Crippen LogP contribution in [0.3, 0.4) is 0 Å². The average molecular weight is 385 g/mol. The molecule has 0 bridgehead atoms. The number of hydrazine groups is 2. The highest BCUT2D eigenvalue weighted by Crippen LogP contribution is 2.18. The Morgan fingerprint density at radius 2 is 1.96 bits per heavy atom. The molecule has 4 rings (SSSR count). The van der Waals surface area contributed by atoms with Crippen molar-refractivity contribution >= 4 is 29.7 Å². The summed E-state index contributed by atoms with van der Waals surface area (Å²) in [6, 6.07) is 15.9. The van der Waals surface area contributed by atoms with E-state index in [-0.39, 0.29) is 0 Å². The van der Waals surface area contributed by atoms with Gasteiger partial charge in [0.25, 0.3) is 0 Å². The van der Waals surface area contributed by atoms with Crippen LogP contribution in [-0.4, -0.2) is 20.6 Å². The average Bonchev–Trinajstić information content (AvgIpc) is 3.22. The molecular formula is C18H17ClN6S. The lowest BCUT2D eigenvalue weighted by molar-refractivity contribution is 0.288. The first-order chi connectivity index (χ1) is 12.6. The van der Waals surface area contributed by atoms with Crippen molar-refractivity contribution in [2.75, 3.05) is 0 Å². The summed E-state index contributed by atoms with van der Waals surface area (Å²) in [6.07, 6.45) is 1.85. The first-order valence-corrected chi connectivity index (χ1v) is 8.88. The molecule has 0 spiro atoms. The first-order valence-electron chi connectivity index (χ1n) is 8.10. The van der Waals surface area contributed by atoms with Crippen molar-refractivity contribution in [3.8, 4) is 5.69 Å². The van der Waals surface area contributed by atoms with Crippen molar-refractivity contribution in [2.45, 2.75) is 13.5 Å². The van der Waals surface area contributed by atoms with Gasteiger partial charge in [-0.2, -0.15) is 0 Å². The third-order valence-electron chi connectivity index (χ3n) is 4.12. The van der Waals surface area contributed by atoms with Gasteiger partial charge in [0.2, 0.25) is 0 Å². The highest BCUT2D eigenvalue weighted by atomic mass is 35.5. The lowest BCUT2D eigenvalue weighted by Gasteiger charge is -2.18. The fourth-order valence-electron chi connectivity index (χ4n) is 2.88. The Morgan fingerprint density at radius 1 is 1.15 bits per heavy atom. The highest BCUT2D eigenvalue weighted by Gasteiger charge is 2.22. The van der Waals surface area contributed by atoms with Crippen LogP contribution in [0.4, 0.5) is 0 Å². The number of nitrogens with zero attached hydrogens (tertiary/aromatic N) is 3. The molecule has 0 unspecified atom stereocenters. The predicted octanol–water partition coefficient (Wildman–Crippen LogP) is 3.68. The van der Waals surface area contributed by atoms with E-state index in [1.165, 1.54) is 11.1 Å². The number of benzene rings is 2. The van der Waals surface area contributed by atoms with Crippen molar-refractivity contribution in [3.05, 3.63) is 81.1 Å². The quantitative estimate of drug-likeness (QED) is 0.600. The zero-order valence-electron chi connectivity index (χ0n) is 14.0. The Kier molecular flexibility index (Phi) is 4.50. The number of hydrogen-bond acceptors (Lipinski definition) is 5. The molecule has 0 saturated heterocycles. The van der Waals surface area contributed by atoms with Gasteiger partial charge in [-0.3, -0.25) is 10.1 Å². The van der Waals surface area contributed by atoms with Crippen molar-refractivity contribution in [1.82, 2.24) is 25.9 Å². The van der Waals surface area contributed by atoms with Crippen LogP contribution in [0.15, 0.2) is 59.8 Å². The summed E-state index contributed by atoms with van der Waals surface area (Å²) in [5, 5.41) is 10.2. The van der Waals surface area contributed by atoms with Gasteiger partial charge in [0.1, 0.15) is 4.64 Å². The van der Waals surface area contributed by atoms with E-state index in [0.29, 0.717) is 16.2 Å². The summed E-state index contributed by atoms with van der Waals surface area (Å²) in [5.74, 6) is 0.737. The molecule has 1 aliphatic heterocycles. The van der Waals surface area contributed by atoms with E-state index in [1.807, 2.05) is 46.2 Å². The van der Waals surface area contributed by atoms with Crippen molar-refractivity contribution < 1.29 is 0 Å². The Hall–Kier alpha value is -2.61. The molecule has 2 aromatic carbocycles. The third kappa shape index (κ3) is 3.24. The molecule has 0 fully saturated rings. The Bertz CT molecular complexity index is 1020. The molecule has 26 heavy (non-hydrogen) atoms. The zero-order valence-corrected chi connectivity index (χ0v) is 15.6. The second kappa shape index (κ2) is 6.95. The molecule has 8 heteroatoms. The summed E-state index contributed by atoms with van der Waals surface area (Å²) in [4.78, 5) is 0. The van der Waals surface area contributed by atoms with Gasteiger partial charge in [-0.05, 0) is 36.8 Å². The van der Waals surface area contributed by atoms with Gasteiger partial charge in [0, 0.05) is 11.2 Å². The van der Waals surface area contributed by atoms with Gasteiger partial charge < -0.3 is 0 Å². The number of hydrazone groups is 1. The summed E-state index contributed by atoms with van der Waals surface area (Å²) < 4.78 is 2.47. The normalized spacial score (nSPS) is 13.6. The lowest BCUT2D eigenvalue weighted by atomic mass is 10.1. The maximum atomic E-state index is 5.97. The minimum atomic E-state index is 0.644. The fourth-order valence-corrected chi connectivity index (χ4v) is 3.31. The van der Waals surface area contributed by atoms with Crippen LogP contribution in [0.1, 0.15) is 16.7 Å². The van der Waals surface area contributed by atoms with Crippen LogP contribution in [0.2, 0.25) is 5.02 Å². The lowest BCUT2D eigenvalue weighted by Crippen LogP contribution is -2.40. The van der Waals surface area contributed by atoms with Gasteiger partial charge in [0.15, 0.2) is 5.84 Å². The number of hydrogen-bond donors (Lipinski definition) is 3. The number of nitrogens with one attached hydrogen (secondary N) is 3. The molecule has 2 heterocycles. The molecule has 1 aromatic heterocycles. The molecule has 0 aliphatic carbocycles. The fraction of sp³-hybridized carbons (Fsp3) is 0.111. The van der Waals surface area contributed by atoms with E-state index in [2.05, 4.69) is 46.4 Å². The molecular weight excluding hydrogens is 368 g/mol. The minimum Gasteiger partial charge on any atom is -0.299 e. The summed E-state index contributed by atoms with van der Waals surface area (Å²) in [5.41, 5.74) is 10.0. The molecule has 0 amide bonds. The number of H-pyrrole nitrogens is 1. The maximum Gasteiger partial charge on any atom is 0.177 e. The summed E-state index contributed by atoms with van der Waals surface area (Å²) in [6.45, 7) is 2.74. The number of amidine groups is 1. The molecule has 0 atom stereocenters. The second-order valence-corrected chi connectivity index (χ2v) is 6.86. The van der Waals surface area contributed by atoms with E-state index in [4.69, 9.17) is 23.8 Å². The standard InChI is InChI=1S/C18H17ClN6S/c1-12-3-2-4-13(9-12)11-24-17(21-22-23-24)16-10-20-25(18(16)26)15-7-5-14(19)6-8-15/h2-10,20,22-23H,11H2,1H3. The second-order valence-electron chi connectivity index (χ2n) is 6.04. The number of aromatic amines is 1. The Balaban J connectivity index is 1.63. The summed E-state index contributed by atoms with van der Waals surface area (Å²) >= 11 is 11.6. The van der Waals surface area contributed by atoms with Crippen molar-refractivity contribution in [1.29, 1.82) is 0 Å². The molecule has 0 radical (unpaired) electrons. The van der Waals surface area contributed by atoms with Crippen LogP contribution in [0.25, 0.3) is 5.69 Å². The first kappa shape index (κ1) is 16.8. The third-order valence-corrected chi connectivity index (χ3v) is 4.78. The van der Waals surface area contributed by atoms with E-state index in [1.54, 1.807) is 0 Å². The van der Waals surface area contributed by atoms with Crippen LogP contribution in [-0.2, 0) is 6.54 Å². The topological polar surface area (TPSA) is 60.4 Å². The van der Waals surface area contributed by atoms with Gasteiger partial charge >= 0.3 is 0 Å². The van der Waals surface area contributed by atoms with Gasteiger partial charge in [0.05, 0.1) is 17.8 Å². The van der Waals surface area contributed by atoms with E-state index in [0.717, 1.165) is 17.1 Å². The van der Waals surface area contributed by atoms with E-state index in [9.17, 15) is 0 Å². The predicted molar refractivity (Wildman–Crippen MR) is 105 cm³/mol. The molecule has 6 nitrogen and oxygen atoms in total. The van der Waals surface area contributed by atoms with Crippen LogP contribution in [0, 0.1) is 11.6 Å². The number of aromatic nitrogens is 2. The van der Waals surface area contributed by atoms with Gasteiger partial charge in [-0.1, -0.05) is 53.6 Å². The van der Waals surface area contributed by atoms with Crippen molar-refractivity contribution in [2.24, 2.45) is 5.10 Å². The molecule has 3 aromatic rings.